The molecule has 3 rings (SSSR count). The maximum absolute atomic E-state index is 12.2. The molecule has 1 aliphatic carbocycles. The van der Waals surface area contributed by atoms with E-state index in [-0.39, 0.29) is 11.7 Å². The third kappa shape index (κ3) is 1.88. The van der Waals surface area contributed by atoms with Gasteiger partial charge < -0.3 is 4.42 Å². The average Bonchev–Trinajstić information content (AvgIpc) is 2.96. The second-order valence-electron chi connectivity index (χ2n) is 5.00. The van der Waals surface area contributed by atoms with Crippen LogP contribution in [0.2, 0.25) is 0 Å². The van der Waals surface area contributed by atoms with Gasteiger partial charge in [-0.2, -0.15) is 0 Å². The van der Waals surface area contributed by atoms with E-state index in [4.69, 9.17) is 4.42 Å². The van der Waals surface area contributed by atoms with E-state index in [9.17, 15) is 4.79 Å². The number of rotatable bonds is 2. The van der Waals surface area contributed by atoms with Gasteiger partial charge >= 0.3 is 0 Å². The van der Waals surface area contributed by atoms with E-state index in [0.29, 0.717) is 5.76 Å². The molecule has 0 N–H and O–H groups in total. The Morgan fingerprint density at radius 1 is 1.24 bits per heavy atom. The number of ketones is 1. The zero-order valence-corrected chi connectivity index (χ0v) is 10.0. The highest BCUT2D eigenvalue weighted by atomic mass is 16.3. The Kier molecular flexibility index (Phi) is 2.50. The first-order valence-electron chi connectivity index (χ1n) is 6.28. The van der Waals surface area contributed by atoms with Crippen LogP contribution in [0.5, 0.6) is 0 Å². The van der Waals surface area contributed by atoms with Crippen molar-refractivity contribution in [3.05, 3.63) is 35.6 Å². The fraction of sp³-hybridized carbons (Fsp3) is 0.400. The predicted octanol–water partition coefficient (Wildman–Crippen LogP) is 4.11. The summed E-state index contributed by atoms with van der Waals surface area (Å²) in [6, 6.07) is 7.90. The third-order valence-electron chi connectivity index (χ3n) is 3.64. The number of benzene rings is 1. The summed E-state index contributed by atoms with van der Waals surface area (Å²) in [6.45, 7) is 2.05. The van der Waals surface area contributed by atoms with Gasteiger partial charge in [-0.15, -0.1) is 0 Å². The standard InChI is InChI=1S/C15H16O2/c1-10-6-7-13-12(8-10)9-14(17-13)15(16)11-4-2-3-5-11/h6-9,11H,2-5H2,1H3. The number of carbonyl (C=O) groups excluding carboxylic acids is 1. The maximum Gasteiger partial charge on any atom is 0.201 e. The average molecular weight is 228 g/mol. The van der Waals surface area contributed by atoms with Crippen molar-refractivity contribution in [1.29, 1.82) is 0 Å². The van der Waals surface area contributed by atoms with Gasteiger partial charge in [-0.05, 0) is 38.0 Å². The minimum atomic E-state index is 0.191. The van der Waals surface area contributed by atoms with Crippen LogP contribution in [0, 0.1) is 12.8 Å². The van der Waals surface area contributed by atoms with Crippen molar-refractivity contribution in [3.63, 3.8) is 0 Å². The zero-order chi connectivity index (χ0) is 11.8. The summed E-state index contributed by atoms with van der Waals surface area (Å²) in [6.07, 6.45) is 4.40. The van der Waals surface area contributed by atoms with E-state index >= 15 is 0 Å². The SMILES string of the molecule is Cc1ccc2oc(C(=O)C3CCCC3)cc2c1. The first-order valence-corrected chi connectivity index (χ1v) is 6.28. The lowest BCUT2D eigenvalue weighted by Crippen LogP contribution is -2.09. The lowest BCUT2D eigenvalue weighted by atomic mass is 10.0. The van der Waals surface area contributed by atoms with E-state index in [0.717, 1.165) is 23.8 Å². The predicted molar refractivity (Wildman–Crippen MR) is 67.2 cm³/mol. The summed E-state index contributed by atoms with van der Waals surface area (Å²) in [4.78, 5) is 12.2. The third-order valence-corrected chi connectivity index (χ3v) is 3.64. The summed E-state index contributed by atoms with van der Waals surface area (Å²) in [5.41, 5.74) is 2.01. The maximum atomic E-state index is 12.2. The molecule has 0 amide bonds. The zero-order valence-electron chi connectivity index (χ0n) is 10.0. The molecule has 0 unspecified atom stereocenters. The minimum absolute atomic E-state index is 0.191. The van der Waals surface area contributed by atoms with Gasteiger partial charge in [0.2, 0.25) is 5.78 Å². The first kappa shape index (κ1) is 10.6. The topological polar surface area (TPSA) is 30.2 Å². The van der Waals surface area contributed by atoms with Crippen molar-refractivity contribution >= 4 is 16.8 Å². The Labute approximate surface area is 101 Å². The number of hydrogen-bond donors (Lipinski definition) is 0. The van der Waals surface area contributed by atoms with Gasteiger partial charge in [-0.25, -0.2) is 0 Å². The summed E-state index contributed by atoms with van der Waals surface area (Å²) < 4.78 is 5.65. The second-order valence-corrected chi connectivity index (χ2v) is 5.00. The summed E-state index contributed by atoms with van der Waals surface area (Å²) >= 11 is 0. The van der Waals surface area contributed by atoms with Gasteiger partial charge in [-0.3, -0.25) is 4.79 Å². The number of carbonyl (C=O) groups is 1. The molecule has 1 aliphatic rings. The van der Waals surface area contributed by atoms with Crippen molar-refractivity contribution in [2.24, 2.45) is 5.92 Å². The molecule has 0 radical (unpaired) electrons. The molecule has 1 saturated carbocycles. The fourth-order valence-corrected chi connectivity index (χ4v) is 2.67. The number of fused-ring (bicyclic) bond motifs is 1. The minimum Gasteiger partial charge on any atom is -0.453 e. The highest BCUT2D eigenvalue weighted by Crippen LogP contribution is 2.30. The van der Waals surface area contributed by atoms with Crippen LogP contribution in [-0.2, 0) is 0 Å². The molecule has 0 bridgehead atoms. The van der Waals surface area contributed by atoms with Crippen LogP contribution in [0.1, 0.15) is 41.8 Å². The molecule has 1 fully saturated rings. The summed E-state index contributed by atoms with van der Waals surface area (Å²) in [7, 11) is 0. The van der Waals surface area contributed by atoms with Gasteiger partial charge in [0.1, 0.15) is 5.58 Å². The van der Waals surface area contributed by atoms with E-state index < -0.39 is 0 Å². The van der Waals surface area contributed by atoms with Crippen molar-refractivity contribution in [2.45, 2.75) is 32.6 Å². The molecule has 0 aliphatic heterocycles. The van der Waals surface area contributed by atoms with Crippen LogP contribution in [0.25, 0.3) is 11.0 Å². The van der Waals surface area contributed by atoms with Crippen molar-refractivity contribution in [3.8, 4) is 0 Å². The Balaban J connectivity index is 1.97. The largest absolute Gasteiger partial charge is 0.453 e. The molecule has 0 saturated heterocycles. The Hall–Kier alpha value is -1.57. The molecule has 1 heterocycles. The lowest BCUT2D eigenvalue weighted by molar-refractivity contribution is 0.0896. The molecule has 1 aromatic carbocycles. The smallest absolute Gasteiger partial charge is 0.201 e. The van der Waals surface area contributed by atoms with Crippen molar-refractivity contribution < 1.29 is 9.21 Å². The molecule has 2 aromatic rings. The molecule has 17 heavy (non-hydrogen) atoms. The molecule has 1 aromatic heterocycles. The number of Topliss-reactive ketones (excluding diaryl/α,β-unsaturated/α-hetero) is 1. The van der Waals surface area contributed by atoms with Crippen molar-refractivity contribution in [2.75, 3.05) is 0 Å². The number of furan rings is 1. The molecule has 0 spiro atoms. The molecular weight excluding hydrogens is 212 g/mol. The van der Waals surface area contributed by atoms with Gasteiger partial charge in [0.05, 0.1) is 0 Å². The summed E-state index contributed by atoms with van der Waals surface area (Å²) in [5.74, 6) is 0.922. The van der Waals surface area contributed by atoms with E-state index in [2.05, 4.69) is 6.07 Å². The van der Waals surface area contributed by atoms with E-state index in [1.807, 2.05) is 25.1 Å². The Morgan fingerprint density at radius 3 is 2.76 bits per heavy atom. The van der Waals surface area contributed by atoms with Crippen LogP contribution in [0.4, 0.5) is 0 Å². The van der Waals surface area contributed by atoms with Gasteiger partial charge in [0.25, 0.3) is 0 Å². The monoisotopic (exact) mass is 228 g/mol. The molecular formula is C15H16O2. The van der Waals surface area contributed by atoms with Crippen LogP contribution in [-0.4, -0.2) is 5.78 Å². The number of hydrogen-bond acceptors (Lipinski definition) is 2. The molecule has 2 heteroatoms. The van der Waals surface area contributed by atoms with Gasteiger partial charge in [0, 0.05) is 11.3 Å². The summed E-state index contributed by atoms with van der Waals surface area (Å²) in [5, 5.41) is 1.03. The quantitative estimate of drug-likeness (QED) is 0.724. The molecule has 0 atom stereocenters. The van der Waals surface area contributed by atoms with Crippen LogP contribution in [0.15, 0.2) is 28.7 Å². The Morgan fingerprint density at radius 2 is 2.00 bits per heavy atom. The van der Waals surface area contributed by atoms with Crippen LogP contribution >= 0.6 is 0 Å². The van der Waals surface area contributed by atoms with Crippen LogP contribution in [0.3, 0.4) is 0 Å². The Bertz CT molecular complexity index is 559. The van der Waals surface area contributed by atoms with Crippen LogP contribution < -0.4 is 0 Å². The second kappa shape index (κ2) is 4.02. The van der Waals surface area contributed by atoms with Crippen molar-refractivity contribution in [1.82, 2.24) is 0 Å². The normalized spacial score (nSPS) is 16.8. The van der Waals surface area contributed by atoms with E-state index in [1.54, 1.807) is 0 Å². The molecule has 88 valence electrons. The van der Waals surface area contributed by atoms with E-state index in [1.165, 1.54) is 18.4 Å². The molecule has 2 nitrogen and oxygen atoms in total. The first-order chi connectivity index (χ1) is 8.24. The van der Waals surface area contributed by atoms with Gasteiger partial charge in [-0.1, -0.05) is 24.5 Å². The fourth-order valence-electron chi connectivity index (χ4n) is 2.67. The number of aryl methyl sites for hydroxylation is 1. The highest BCUT2D eigenvalue weighted by Gasteiger charge is 2.26. The lowest BCUT2D eigenvalue weighted by Gasteiger charge is -2.03. The van der Waals surface area contributed by atoms with Gasteiger partial charge in [0.15, 0.2) is 5.76 Å². The highest BCUT2D eigenvalue weighted by molar-refractivity contribution is 5.99.